The third-order valence-electron chi connectivity index (χ3n) is 4.82. The third kappa shape index (κ3) is 6.78. The Balaban J connectivity index is 0.00000162. The second-order valence-electron chi connectivity index (χ2n) is 7.97. The second kappa shape index (κ2) is 8.13. The van der Waals surface area contributed by atoms with Crippen LogP contribution >= 0.6 is 0 Å². The van der Waals surface area contributed by atoms with E-state index in [1.54, 1.807) is 6.42 Å². The number of hydrogen-bond acceptors (Lipinski definition) is 0. The van der Waals surface area contributed by atoms with Crippen molar-refractivity contribution in [1.82, 2.24) is 0 Å². The molecule has 0 aromatic carbocycles. The molecule has 2 fully saturated rings. The number of halogens is 2. The van der Waals surface area contributed by atoms with Gasteiger partial charge in [-0.05, 0) is 19.3 Å². The molecule has 1 aliphatic heterocycles. The topological polar surface area (TPSA) is 0 Å². The molecule has 2 unspecified atom stereocenters. The lowest BCUT2D eigenvalue weighted by molar-refractivity contribution is -0.928. The van der Waals surface area contributed by atoms with Crippen LogP contribution in [-0.2, 0) is 0 Å². The zero-order chi connectivity index (χ0) is 12.5. The average Bonchev–Trinajstić information content (AvgIpc) is 2.13. The minimum Gasteiger partial charge on any atom is -1.00 e. The van der Waals surface area contributed by atoms with Crippen LogP contribution in [0.2, 0.25) is 0 Å². The Morgan fingerprint density at radius 2 is 1.53 bits per heavy atom. The molecule has 19 heavy (non-hydrogen) atoms. The van der Waals surface area contributed by atoms with Gasteiger partial charge < -0.3 is 56.9 Å². The third-order valence-corrected chi connectivity index (χ3v) is 4.82. The summed E-state index contributed by atoms with van der Waals surface area (Å²) in [5.74, 6) is 2.10. The summed E-state index contributed by atoms with van der Waals surface area (Å²) >= 11 is 0. The molecule has 116 valence electrons. The van der Waals surface area contributed by atoms with Crippen molar-refractivity contribution in [1.29, 1.82) is 0 Å². The SMILES string of the molecule is C[N+](C)(C)CCC[N+]1(C)CC2CCCC(C2)C1.[I-].[I-]. The van der Waals surface area contributed by atoms with Crippen molar-refractivity contribution < 1.29 is 56.9 Å². The van der Waals surface area contributed by atoms with Crippen molar-refractivity contribution in [3.05, 3.63) is 0 Å². The van der Waals surface area contributed by atoms with E-state index < -0.39 is 0 Å². The molecule has 2 rings (SSSR count). The van der Waals surface area contributed by atoms with E-state index in [0.717, 1.165) is 16.3 Å². The normalized spacial score (nSPS) is 34.1. The molecular formula is C15H32I2N2. The number of hydrogen-bond donors (Lipinski definition) is 0. The van der Waals surface area contributed by atoms with E-state index in [1.807, 2.05) is 0 Å². The Morgan fingerprint density at radius 3 is 2.00 bits per heavy atom. The fourth-order valence-corrected chi connectivity index (χ4v) is 4.16. The molecule has 1 aliphatic carbocycles. The number of fused-ring (bicyclic) bond motifs is 2. The molecule has 1 saturated carbocycles. The predicted molar refractivity (Wildman–Crippen MR) is 73.7 cm³/mol. The first-order valence-corrected chi connectivity index (χ1v) is 7.50. The molecule has 4 heteroatoms. The van der Waals surface area contributed by atoms with Crippen molar-refractivity contribution in [2.24, 2.45) is 11.8 Å². The zero-order valence-corrected chi connectivity index (χ0v) is 17.5. The molecule has 2 nitrogen and oxygen atoms in total. The first-order chi connectivity index (χ1) is 7.86. The zero-order valence-electron chi connectivity index (χ0n) is 13.2. The summed E-state index contributed by atoms with van der Waals surface area (Å²) in [5, 5.41) is 0. The van der Waals surface area contributed by atoms with Crippen molar-refractivity contribution in [3.63, 3.8) is 0 Å². The summed E-state index contributed by atoms with van der Waals surface area (Å²) in [5.41, 5.74) is 0. The molecule has 0 N–H and O–H groups in total. The van der Waals surface area contributed by atoms with E-state index in [2.05, 4.69) is 28.2 Å². The van der Waals surface area contributed by atoms with Gasteiger partial charge in [0.15, 0.2) is 0 Å². The van der Waals surface area contributed by atoms with Gasteiger partial charge in [0, 0.05) is 18.3 Å². The fourth-order valence-electron chi connectivity index (χ4n) is 4.16. The maximum absolute atomic E-state index is 2.51. The Labute approximate surface area is 154 Å². The van der Waals surface area contributed by atoms with Crippen LogP contribution in [0, 0.1) is 11.8 Å². The molecule has 0 amide bonds. The van der Waals surface area contributed by atoms with Crippen LogP contribution in [0.1, 0.15) is 32.1 Å². The van der Waals surface area contributed by atoms with E-state index in [1.165, 1.54) is 56.3 Å². The first kappa shape index (κ1) is 20.4. The molecule has 1 heterocycles. The lowest BCUT2D eigenvalue weighted by Crippen LogP contribution is -3.00. The predicted octanol–water partition coefficient (Wildman–Crippen LogP) is -3.64. The Kier molecular flexibility index (Phi) is 8.72. The quantitative estimate of drug-likeness (QED) is 0.280. The van der Waals surface area contributed by atoms with Crippen LogP contribution in [-0.4, -0.2) is 63.3 Å². The van der Waals surface area contributed by atoms with Gasteiger partial charge in [-0.3, -0.25) is 0 Å². The average molecular weight is 494 g/mol. The van der Waals surface area contributed by atoms with Gasteiger partial charge in [-0.25, -0.2) is 0 Å². The summed E-state index contributed by atoms with van der Waals surface area (Å²) in [6.07, 6.45) is 7.47. The number of quaternary nitrogens is 2. The fraction of sp³-hybridized carbons (Fsp3) is 1.00. The standard InChI is InChI=1S/C15H32N2.2HI/c1-16(2,3)9-6-10-17(4)12-14-7-5-8-15(11-14)13-17;;/h14-15H,5-13H2,1-4H3;2*1H/q+2;;/p-2. The number of likely N-dealkylation sites (tertiary alicyclic amines) is 1. The highest BCUT2D eigenvalue weighted by Gasteiger charge is 2.38. The lowest BCUT2D eigenvalue weighted by Gasteiger charge is -2.47. The van der Waals surface area contributed by atoms with Gasteiger partial charge in [0.05, 0.1) is 54.4 Å². The molecule has 1 saturated heterocycles. The second-order valence-corrected chi connectivity index (χ2v) is 7.97. The van der Waals surface area contributed by atoms with Gasteiger partial charge >= 0.3 is 0 Å². The van der Waals surface area contributed by atoms with Crippen LogP contribution in [0.4, 0.5) is 0 Å². The van der Waals surface area contributed by atoms with Crippen LogP contribution in [0.15, 0.2) is 0 Å². The molecule has 0 radical (unpaired) electrons. The maximum atomic E-state index is 2.51. The molecule has 2 bridgehead atoms. The van der Waals surface area contributed by atoms with Gasteiger partial charge in [-0.1, -0.05) is 6.42 Å². The lowest BCUT2D eigenvalue weighted by atomic mass is 9.77. The summed E-state index contributed by atoms with van der Waals surface area (Å²) in [7, 11) is 9.45. The minimum atomic E-state index is 0. The van der Waals surface area contributed by atoms with E-state index >= 15 is 0 Å². The molecule has 2 atom stereocenters. The Morgan fingerprint density at radius 1 is 1.00 bits per heavy atom. The van der Waals surface area contributed by atoms with Crippen LogP contribution in [0.5, 0.6) is 0 Å². The summed E-state index contributed by atoms with van der Waals surface area (Å²) in [4.78, 5) is 0. The van der Waals surface area contributed by atoms with Gasteiger partial charge in [0.1, 0.15) is 0 Å². The van der Waals surface area contributed by atoms with Gasteiger partial charge in [-0.15, -0.1) is 0 Å². The first-order valence-electron chi connectivity index (χ1n) is 7.50. The maximum Gasteiger partial charge on any atom is 0.0839 e. The minimum absolute atomic E-state index is 0. The smallest absolute Gasteiger partial charge is 0.0839 e. The van der Waals surface area contributed by atoms with E-state index in [-0.39, 0.29) is 48.0 Å². The molecule has 2 aliphatic rings. The largest absolute Gasteiger partial charge is 1.00 e. The Bertz CT molecular complexity index is 251. The van der Waals surface area contributed by atoms with Crippen molar-refractivity contribution in [2.45, 2.75) is 32.1 Å². The van der Waals surface area contributed by atoms with Gasteiger partial charge in [0.25, 0.3) is 0 Å². The Hall–Kier alpha value is 1.38. The summed E-state index contributed by atoms with van der Waals surface area (Å²) in [6.45, 7) is 5.66. The van der Waals surface area contributed by atoms with Crippen molar-refractivity contribution in [3.8, 4) is 0 Å². The number of nitrogens with zero attached hydrogens (tertiary/aromatic N) is 2. The number of piperidine rings is 1. The molecule has 0 spiro atoms. The van der Waals surface area contributed by atoms with Crippen LogP contribution < -0.4 is 48.0 Å². The monoisotopic (exact) mass is 494 g/mol. The molecule has 0 aromatic heterocycles. The van der Waals surface area contributed by atoms with E-state index in [0.29, 0.717) is 0 Å². The van der Waals surface area contributed by atoms with Crippen LogP contribution in [0.3, 0.4) is 0 Å². The summed E-state index contributed by atoms with van der Waals surface area (Å²) < 4.78 is 2.49. The highest BCUT2D eigenvalue weighted by Crippen LogP contribution is 2.37. The van der Waals surface area contributed by atoms with E-state index in [4.69, 9.17) is 0 Å². The number of rotatable bonds is 4. The molecular weight excluding hydrogens is 462 g/mol. The van der Waals surface area contributed by atoms with Crippen LogP contribution in [0.25, 0.3) is 0 Å². The highest BCUT2D eigenvalue weighted by atomic mass is 127. The van der Waals surface area contributed by atoms with Gasteiger partial charge in [-0.2, -0.15) is 0 Å². The molecule has 0 aromatic rings. The van der Waals surface area contributed by atoms with E-state index in [9.17, 15) is 0 Å². The van der Waals surface area contributed by atoms with Crippen molar-refractivity contribution in [2.75, 3.05) is 54.4 Å². The van der Waals surface area contributed by atoms with Gasteiger partial charge in [0.2, 0.25) is 0 Å². The summed E-state index contributed by atoms with van der Waals surface area (Å²) in [6, 6.07) is 0. The van der Waals surface area contributed by atoms with Crippen molar-refractivity contribution >= 4 is 0 Å². The highest BCUT2D eigenvalue weighted by molar-refractivity contribution is 4.77.